The predicted molar refractivity (Wildman–Crippen MR) is 88.3 cm³/mol. The van der Waals surface area contributed by atoms with Crippen molar-refractivity contribution in [3.63, 3.8) is 0 Å². The first-order chi connectivity index (χ1) is 10.2. The standard InChI is InChI=1S/C16H28O6Si/c1-15(2,3)23(6,7)22-12(9-13(17)18)8-11-10-14(19)21-16(4,5)20-11/h10,12H,8-9H2,1-7H3,(H,17,18)/t12-/m1/s1. The van der Waals surface area contributed by atoms with E-state index in [0.717, 1.165) is 0 Å². The lowest BCUT2D eigenvalue weighted by Gasteiger charge is -2.39. The largest absolute Gasteiger partial charge is 0.481 e. The maximum absolute atomic E-state index is 11.6. The molecule has 1 aliphatic heterocycles. The fraction of sp³-hybridized carbons (Fsp3) is 0.750. The van der Waals surface area contributed by atoms with Crippen LogP contribution in [0.15, 0.2) is 11.8 Å². The van der Waals surface area contributed by atoms with Crippen molar-refractivity contribution in [3.05, 3.63) is 11.8 Å². The van der Waals surface area contributed by atoms with Crippen LogP contribution in [-0.2, 0) is 23.5 Å². The molecule has 1 N–H and O–H groups in total. The molecule has 0 aromatic carbocycles. The second-order valence-corrected chi connectivity index (χ2v) is 12.6. The van der Waals surface area contributed by atoms with E-state index in [1.165, 1.54) is 6.08 Å². The number of hydrogen-bond donors (Lipinski definition) is 1. The Labute approximate surface area is 138 Å². The third-order valence-electron chi connectivity index (χ3n) is 4.10. The van der Waals surface area contributed by atoms with Gasteiger partial charge in [-0.25, -0.2) is 4.79 Å². The highest BCUT2D eigenvalue weighted by molar-refractivity contribution is 6.74. The first-order valence-electron chi connectivity index (χ1n) is 7.74. The molecule has 1 rings (SSSR count). The first-order valence-corrected chi connectivity index (χ1v) is 10.6. The number of hydrogen-bond acceptors (Lipinski definition) is 5. The Bertz CT molecular complexity index is 501. The fourth-order valence-corrected chi connectivity index (χ4v) is 3.39. The third-order valence-corrected chi connectivity index (χ3v) is 8.64. The molecule has 23 heavy (non-hydrogen) atoms. The van der Waals surface area contributed by atoms with Crippen molar-refractivity contribution in [1.29, 1.82) is 0 Å². The van der Waals surface area contributed by atoms with Gasteiger partial charge in [-0.2, -0.15) is 0 Å². The zero-order chi connectivity index (χ0) is 18.1. The fourth-order valence-electron chi connectivity index (χ4n) is 2.04. The van der Waals surface area contributed by atoms with Crippen molar-refractivity contribution >= 4 is 20.3 Å². The molecule has 1 heterocycles. The van der Waals surface area contributed by atoms with E-state index in [1.54, 1.807) is 13.8 Å². The first kappa shape index (κ1) is 19.7. The van der Waals surface area contributed by atoms with Crippen LogP contribution in [-0.4, -0.2) is 37.3 Å². The molecule has 0 aliphatic carbocycles. The number of cyclic esters (lactones) is 1. The van der Waals surface area contributed by atoms with Gasteiger partial charge in [0, 0.05) is 20.3 Å². The van der Waals surface area contributed by atoms with Gasteiger partial charge in [0.2, 0.25) is 5.79 Å². The molecule has 0 fully saturated rings. The lowest BCUT2D eigenvalue weighted by molar-refractivity contribution is -0.206. The highest BCUT2D eigenvalue weighted by Gasteiger charge is 2.40. The molecular formula is C16H28O6Si. The molecular weight excluding hydrogens is 316 g/mol. The van der Waals surface area contributed by atoms with Crippen LogP contribution in [0.4, 0.5) is 0 Å². The van der Waals surface area contributed by atoms with E-state index in [4.69, 9.17) is 19.0 Å². The summed E-state index contributed by atoms with van der Waals surface area (Å²) in [7, 11) is -2.13. The molecule has 1 aliphatic rings. The Morgan fingerprint density at radius 2 is 1.91 bits per heavy atom. The zero-order valence-electron chi connectivity index (χ0n) is 15.1. The topological polar surface area (TPSA) is 82.1 Å². The van der Waals surface area contributed by atoms with Gasteiger partial charge in [-0.1, -0.05) is 20.8 Å². The van der Waals surface area contributed by atoms with Crippen LogP contribution in [0.25, 0.3) is 0 Å². The van der Waals surface area contributed by atoms with Crippen molar-refractivity contribution < 1.29 is 28.6 Å². The third kappa shape index (κ3) is 5.99. The van der Waals surface area contributed by atoms with Crippen molar-refractivity contribution in [2.45, 2.75) is 77.5 Å². The molecule has 0 unspecified atom stereocenters. The molecule has 0 amide bonds. The number of esters is 1. The molecule has 0 bridgehead atoms. The van der Waals surface area contributed by atoms with Crippen LogP contribution in [0, 0.1) is 0 Å². The van der Waals surface area contributed by atoms with Crippen LogP contribution in [0.3, 0.4) is 0 Å². The monoisotopic (exact) mass is 344 g/mol. The minimum Gasteiger partial charge on any atom is -0.481 e. The Balaban J connectivity index is 2.92. The van der Waals surface area contributed by atoms with Gasteiger partial charge in [0.15, 0.2) is 8.32 Å². The van der Waals surface area contributed by atoms with Gasteiger partial charge in [-0.15, -0.1) is 0 Å². The van der Waals surface area contributed by atoms with E-state index in [-0.39, 0.29) is 17.9 Å². The summed E-state index contributed by atoms with van der Waals surface area (Å²) >= 11 is 0. The summed E-state index contributed by atoms with van der Waals surface area (Å²) in [6, 6.07) is 0. The summed E-state index contributed by atoms with van der Waals surface area (Å²) in [5.41, 5.74) is 0. The number of aliphatic carboxylic acids is 1. The Hall–Kier alpha value is -1.34. The van der Waals surface area contributed by atoms with Gasteiger partial charge in [0.05, 0.1) is 18.6 Å². The average molecular weight is 344 g/mol. The summed E-state index contributed by atoms with van der Waals surface area (Å²) in [6.45, 7) is 13.7. The average Bonchev–Trinajstić information content (AvgIpc) is 2.21. The van der Waals surface area contributed by atoms with Crippen molar-refractivity contribution in [1.82, 2.24) is 0 Å². The quantitative estimate of drug-likeness (QED) is 0.587. The van der Waals surface area contributed by atoms with Gasteiger partial charge < -0.3 is 19.0 Å². The second-order valence-electron chi connectivity index (χ2n) is 7.84. The maximum atomic E-state index is 11.6. The number of ether oxygens (including phenoxy) is 2. The number of carboxylic acid groups (broad SMARTS) is 1. The maximum Gasteiger partial charge on any atom is 0.337 e. The van der Waals surface area contributed by atoms with E-state index in [1.807, 2.05) is 0 Å². The van der Waals surface area contributed by atoms with E-state index < -0.39 is 32.1 Å². The molecule has 0 radical (unpaired) electrons. The highest BCUT2D eigenvalue weighted by atomic mass is 28.4. The van der Waals surface area contributed by atoms with Gasteiger partial charge in [0.1, 0.15) is 5.76 Å². The van der Waals surface area contributed by atoms with E-state index >= 15 is 0 Å². The molecule has 0 spiro atoms. The lowest BCUT2D eigenvalue weighted by atomic mass is 10.1. The van der Waals surface area contributed by atoms with Crippen molar-refractivity contribution in [2.75, 3.05) is 0 Å². The van der Waals surface area contributed by atoms with Crippen LogP contribution >= 0.6 is 0 Å². The summed E-state index contributed by atoms with van der Waals surface area (Å²) in [4.78, 5) is 22.8. The van der Waals surface area contributed by atoms with Crippen molar-refractivity contribution in [2.24, 2.45) is 0 Å². The minimum absolute atomic E-state index is 0.0379. The summed E-state index contributed by atoms with van der Waals surface area (Å²) < 4.78 is 16.9. The Morgan fingerprint density at radius 3 is 2.35 bits per heavy atom. The van der Waals surface area contributed by atoms with Crippen LogP contribution in [0.5, 0.6) is 0 Å². The molecule has 0 aromatic rings. The molecule has 6 nitrogen and oxygen atoms in total. The number of rotatable bonds is 6. The van der Waals surface area contributed by atoms with E-state index in [0.29, 0.717) is 5.76 Å². The smallest absolute Gasteiger partial charge is 0.337 e. The number of carbonyl (C=O) groups is 2. The van der Waals surface area contributed by atoms with Gasteiger partial charge in [0.25, 0.3) is 0 Å². The van der Waals surface area contributed by atoms with Crippen LogP contribution in [0.2, 0.25) is 18.1 Å². The van der Waals surface area contributed by atoms with Crippen molar-refractivity contribution in [3.8, 4) is 0 Å². The highest BCUT2D eigenvalue weighted by Crippen LogP contribution is 2.38. The molecule has 0 saturated heterocycles. The predicted octanol–water partition coefficient (Wildman–Crippen LogP) is 3.44. The molecule has 0 saturated carbocycles. The Morgan fingerprint density at radius 1 is 1.35 bits per heavy atom. The molecule has 0 aromatic heterocycles. The number of carboxylic acids is 1. The van der Waals surface area contributed by atoms with Crippen LogP contribution < -0.4 is 0 Å². The van der Waals surface area contributed by atoms with Gasteiger partial charge in [-0.3, -0.25) is 4.79 Å². The Kier molecular flexibility index (Phi) is 5.69. The molecule has 132 valence electrons. The summed E-state index contributed by atoms with van der Waals surface area (Å²) in [5, 5.41) is 9.11. The summed E-state index contributed by atoms with van der Waals surface area (Å²) in [5.74, 6) is -2.08. The van der Waals surface area contributed by atoms with Gasteiger partial charge in [-0.05, 0) is 18.1 Å². The SMILES string of the molecule is CC1(C)OC(=O)C=C(C[C@H](CC(=O)O)O[Si](C)(C)C(C)(C)C)O1. The van der Waals surface area contributed by atoms with Crippen LogP contribution in [0.1, 0.15) is 47.5 Å². The normalized spacial score (nSPS) is 19.4. The van der Waals surface area contributed by atoms with E-state index in [9.17, 15) is 9.59 Å². The molecule has 1 atom stereocenters. The lowest BCUT2D eigenvalue weighted by Crippen LogP contribution is -2.45. The zero-order valence-corrected chi connectivity index (χ0v) is 16.1. The van der Waals surface area contributed by atoms with E-state index in [2.05, 4.69) is 33.9 Å². The second kappa shape index (κ2) is 6.65. The summed E-state index contributed by atoms with van der Waals surface area (Å²) in [6.07, 6.45) is 0.816. The number of carbonyl (C=O) groups excluding carboxylic acids is 1. The minimum atomic E-state index is -2.13. The molecule has 7 heteroatoms. The van der Waals surface area contributed by atoms with Gasteiger partial charge >= 0.3 is 11.9 Å².